The maximum Gasteiger partial charge on any atom is 0.255 e. The van der Waals surface area contributed by atoms with E-state index in [0.717, 1.165) is 6.07 Å². The molecule has 0 aliphatic rings. The molecule has 0 spiro atoms. The van der Waals surface area contributed by atoms with E-state index < -0.39 is 11.7 Å². The first kappa shape index (κ1) is 14.3. The lowest BCUT2D eigenvalue weighted by molar-refractivity contribution is 0.102. The molecule has 0 bridgehead atoms. The fourth-order valence-corrected chi connectivity index (χ4v) is 1.62. The Labute approximate surface area is 120 Å². The lowest BCUT2D eigenvalue weighted by Gasteiger charge is -2.07. The topological polar surface area (TPSA) is 88.1 Å². The van der Waals surface area contributed by atoms with Crippen molar-refractivity contribution in [2.75, 3.05) is 17.7 Å². The average Bonchev–Trinajstić information content (AvgIpc) is 2.49. The molecule has 0 saturated carbocycles. The number of nitrogens with zero attached hydrogens (tertiary/aromatic N) is 1. The third-order valence-electron chi connectivity index (χ3n) is 2.68. The SMILES string of the molecule is N#CCOc1ccc(NC(=O)c2ccc(N)c(F)c2)cc1. The Morgan fingerprint density at radius 1 is 1.29 bits per heavy atom. The van der Waals surface area contributed by atoms with E-state index in [4.69, 9.17) is 15.7 Å². The normalized spacial score (nSPS) is 9.71. The Hall–Kier alpha value is -3.07. The summed E-state index contributed by atoms with van der Waals surface area (Å²) in [7, 11) is 0. The van der Waals surface area contributed by atoms with Crippen LogP contribution < -0.4 is 15.8 Å². The van der Waals surface area contributed by atoms with Crippen molar-refractivity contribution in [1.82, 2.24) is 0 Å². The fourth-order valence-electron chi connectivity index (χ4n) is 1.62. The number of nitrogen functional groups attached to an aromatic ring is 1. The van der Waals surface area contributed by atoms with Gasteiger partial charge in [-0.1, -0.05) is 0 Å². The standard InChI is InChI=1S/C15H12FN3O2/c16-13-9-10(1-6-14(13)18)15(20)19-11-2-4-12(5-3-11)21-8-7-17/h1-6,9H,8,18H2,(H,19,20). The summed E-state index contributed by atoms with van der Waals surface area (Å²) in [6.45, 7) is -0.0452. The zero-order valence-electron chi connectivity index (χ0n) is 11.0. The van der Waals surface area contributed by atoms with Gasteiger partial charge in [0.25, 0.3) is 5.91 Å². The van der Waals surface area contributed by atoms with E-state index in [-0.39, 0.29) is 17.9 Å². The monoisotopic (exact) mass is 285 g/mol. The molecule has 0 saturated heterocycles. The summed E-state index contributed by atoms with van der Waals surface area (Å²) in [6.07, 6.45) is 0. The Balaban J connectivity index is 2.05. The van der Waals surface area contributed by atoms with Gasteiger partial charge in [0.2, 0.25) is 0 Å². The van der Waals surface area contributed by atoms with Crippen LogP contribution >= 0.6 is 0 Å². The van der Waals surface area contributed by atoms with Gasteiger partial charge in [0.15, 0.2) is 6.61 Å². The quantitative estimate of drug-likeness (QED) is 0.845. The summed E-state index contributed by atoms with van der Waals surface area (Å²) in [6, 6.07) is 12.2. The zero-order valence-corrected chi connectivity index (χ0v) is 11.0. The summed E-state index contributed by atoms with van der Waals surface area (Å²) in [5.41, 5.74) is 6.05. The van der Waals surface area contributed by atoms with Crippen LogP contribution in [-0.4, -0.2) is 12.5 Å². The highest BCUT2D eigenvalue weighted by Crippen LogP contribution is 2.17. The molecule has 5 nitrogen and oxygen atoms in total. The van der Waals surface area contributed by atoms with Crippen LogP contribution in [0.15, 0.2) is 42.5 Å². The highest BCUT2D eigenvalue weighted by Gasteiger charge is 2.09. The van der Waals surface area contributed by atoms with Gasteiger partial charge >= 0.3 is 0 Å². The number of hydrogen-bond acceptors (Lipinski definition) is 4. The Bertz CT molecular complexity index is 693. The number of carbonyl (C=O) groups is 1. The molecule has 0 aliphatic carbocycles. The van der Waals surface area contributed by atoms with E-state index in [2.05, 4.69) is 5.32 Å². The first-order valence-electron chi connectivity index (χ1n) is 6.06. The van der Waals surface area contributed by atoms with Crippen LogP contribution in [0.25, 0.3) is 0 Å². The summed E-state index contributed by atoms with van der Waals surface area (Å²) >= 11 is 0. The van der Waals surface area contributed by atoms with E-state index in [1.54, 1.807) is 24.3 Å². The van der Waals surface area contributed by atoms with Crippen molar-refractivity contribution < 1.29 is 13.9 Å². The molecule has 2 aromatic rings. The maximum absolute atomic E-state index is 13.3. The van der Waals surface area contributed by atoms with Crippen LogP contribution in [0.5, 0.6) is 5.75 Å². The molecule has 2 rings (SSSR count). The van der Waals surface area contributed by atoms with Gasteiger partial charge in [-0.05, 0) is 42.5 Å². The molecular weight excluding hydrogens is 273 g/mol. The maximum atomic E-state index is 13.3. The van der Waals surface area contributed by atoms with Crippen LogP contribution in [-0.2, 0) is 0 Å². The van der Waals surface area contributed by atoms with E-state index >= 15 is 0 Å². The number of halogens is 1. The molecule has 106 valence electrons. The van der Waals surface area contributed by atoms with Gasteiger partial charge in [0.1, 0.15) is 17.6 Å². The third kappa shape index (κ3) is 3.70. The number of nitriles is 1. The predicted molar refractivity (Wildman–Crippen MR) is 76.3 cm³/mol. The number of benzene rings is 2. The van der Waals surface area contributed by atoms with Crippen LogP contribution in [0.1, 0.15) is 10.4 Å². The number of amides is 1. The van der Waals surface area contributed by atoms with Gasteiger partial charge in [-0.3, -0.25) is 4.79 Å². The molecule has 1 amide bonds. The summed E-state index contributed by atoms with van der Waals surface area (Å²) in [4.78, 5) is 11.9. The second-order valence-corrected chi connectivity index (χ2v) is 4.16. The molecule has 0 unspecified atom stereocenters. The second kappa shape index (κ2) is 6.39. The van der Waals surface area contributed by atoms with Gasteiger partial charge < -0.3 is 15.8 Å². The van der Waals surface area contributed by atoms with Gasteiger partial charge in [0.05, 0.1) is 5.69 Å². The summed E-state index contributed by atoms with van der Waals surface area (Å²) in [5.74, 6) is -0.560. The van der Waals surface area contributed by atoms with E-state index in [9.17, 15) is 9.18 Å². The lowest BCUT2D eigenvalue weighted by atomic mass is 10.2. The Morgan fingerprint density at radius 3 is 2.62 bits per heavy atom. The van der Waals surface area contributed by atoms with E-state index in [1.807, 2.05) is 6.07 Å². The molecule has 0 aliphatic heterocycles. The van der Waals surface area contributed by atoms with Crippen LogP contribution in [0.3, 0.4) is 0 Å². The Kier molecular flexibility index (Phi) is 4.36. The van der Waals surface area contributed by atoms with E-state index in [1.165, 1.54) is 12.1 Å². The number of nitrogens with two attached hydrogens (primary N) is 1. The van der Waals surface area contributed by atoms with Gasteiger partial charge in [-0.15, -0.1) is 0 Å². The number of hydrogen-bond donors (Lipinski definition) is 2. The fraction of sp³-hybridized carbons (Fsp3) is 0.0667. The number of nitrogens with one attached hydrogen (secondary N) is 1. The van der Waals surface area contributed by atoms with Gasteiger partial charge in [0, 0.05) is 11.3 Å². The van der Waals surface area contributed by atoms with Crippen molar-refractivity contribution in [2.24, 2.45) is 0 Å². The van der Waals surface area contributed by atoms with Crippen molar-refractivity contribution in [1.29, 1.82) is 5.26 Å². The highest BCUT2D eigenvalue weighted by atomic mass is 19.1. The van der Waals surface area contributed by atoms with Crippen molar-refractivity contribution in [3.63, 3.8) is 0 Å². The molecule has 0 radical (unpaired) electrons. The molecule has 6 heteroatoms. The van der Waals surface area contributed by atoms with Crippen LogP contribution in [0, 0.1) is 17.1 Å². The number of anilines is 2. The summed E-state index contributed by atoms with van der Waals surface area (Å²) in [5, 5.41) is 11.0. The number of carbonyl (C=O) groups excluding carboxylic acids is 1. The second-order valence-electron chi connectivity index (χ2n) is 4.16. The molecule has 0 fully saturated rings. The van der Waals surface area contributed by atoms with E-state index in [0.29, 0.717) is 11.4 Å². The third-order valence-corrected chi connectivity index (χ3v) is 2.68. The molecular formula is C15H12FN3O2. The van der Waals surface area contributed by atoms with Crippen LogP contribution in [0.4, 0.5) is 15.8 Å². The molecule has 0 heterocycles. The lowest BCUT2D eigenvalue weighted by Crippen LogP contribution is -2.12. The Morgan fingerprint density at radius 2 is 2.00 bits per heavy atom. The molecule has 3 N–H and O–H groups in total. The minimum atomic E-state index is -0.636. The molecule has 0 atom stereocenters. The van der Waals surface area contributed by atoms with Gasteiger partial charge in [-0.2, -0.15) is 5.26 Å². The number of rotatable bonds is 4. The van der Waals surface area contributed by atoms with Gasteiger partial charge in [-0.25, -0.2) is 4.39 Å². The van der Waals surface area contributed by atoms with Crippen LogP contribution in [0.2, 0.25) is 0 Å². The van der Waals surface area contributed by atoms with Crippen molar-refractivity contribution in [2.45, 2.75) is 0 Å². The zero-order chi connectivity index (χ0) is 15.2. The average molecular weight is 285 g/mol. The summed E-state index contributed by atoms with van der Waals surface area (Å²) < 4.78 is 18.4. The minimum Gasteiger partial charge on any atom is -0.479 e. The van der Waals surface area contributed by atoms with Crippen molar-refractivity contribution in [3.05, 3.63) is 53.8 Å². The first-order chi connectivity index (χ1) is 10.1. The number of ether oxygens (including phenoxy) is 1. The predicted octanol–water partition coefficient (Wildman–Crippen LogP) is 2.56. The van der Waals surface area contributed by atoms with Crippen molar-refractivity contribution in [3.8, 4) is 11.8 Å². The minimum absolute atomic E-state index is 0.00876. The molecule has 0 aromatic heterocycles. The molecule has 2 aromatic carbocycles. The highest BCUT2D eigenvalue weighted by molar-refractivity contribution is 6.04. The largest absolute Gasteiger partial charge is 0.479 e. The van der Waals surface area contributed by atoms with Crippen molar-refractivity contribution >= 4 is 17.3 Å². The first-order valence-corrected chi connectivity index (χ1v) is 6.06. The smallest absolute Gasteiger partial charge is 0.255 e. The molecule has 21 heavy (non-hydrogen) atoms.